The summed E-state index contributed by atoms with van der Waals surface area (Å²) in [5.74, 6) is -0.327. The van der Waals surface area contributed by atoms with Crippen LogP contribution in [-0.2, 0) is 6.54 Å². The van der Waals surface area contributed by atoms with E-state index in [0.29, 0.717) is 27.7 Å². The number of benzene rings is 1. The Hall–Kier alpha value is -1.75. The number of hydrogen-bond acceptors (Lipinski definition) is 2. The predicted molar refractivity (Wildman–Crippen MR) is 75.5 cm³/mol. The van der Waals surface area contributed by atoms with Crippen LogP contribution < -0.4 is 0 Å². The van der Waals surface area contributed by atoms with Gasteiger partial charge in [0.15, 0.2) is 11.5 Å². The molecule has 0 saturated carbocycles. The van der Waals surface area contributed by atoms with E-state index in [-0.39, 0.29) is 5.82 Å². The molecule has 0 fully saturated rings. The minimum atomic E-state index is -0.327. The maximum atomic E-state index is 13.8. The fraction of sp³-hybridized carbons (Fsp3) is 0.143. The van der Waals surface area contributed by atoms with Gasteiger partial charge < -0.3 is 0 Å². The minimum Gasteiger partial charge on any atom is -0.243 e. The molecule has 3 aromatic rings. The third kappa shape index (κ3) is 2.14. The first kappa shape index (κ1) is 12.3. The molecule has 5 heteroatoms. The van der Waals surface area contributed by atoms with Crippen molar-refractivity contribution >= 4 is 27.0 Å². The molecule has 0 bridgehead atoms. The molecule has 0 unspecified atom stereocenters. The third-order valence-electron chi connectivity index (χ3n) is 3.01. The first-order valence-corrected chi connectivity index (χ1v) is 6.67. The summed E-state index contributed by atoms with van der Waals surface area (Å²) in [5, 5.41) is 4.98. The number of aryl methyl sites for hydroxylation is 1. The number of nitrogens with zero attached hydrogens (tertiary/aromatic N) is 3. The Morgan fingerprint density at radius 3 is 2.74 bits per heavy atom. The molecular weight excluding hydrogens is 309 g/mol. The summed E-state index contributed by atoms with van der Waals surface area (Å²) in [6.07, 6.45) is 1.64. The lowest BCUT2D eigenvalue weighted by Crippen LogP contribution is -2.03. The van der Waals surface area contributed by atoms with Gasteiger partial charge in [-0.05, 0) is 28.4 Å². The first-order chi connectivity index (χ1) is 9.16. The van der Waals surface area contributed by atoms with E-state index >= 15 is 0 Å². The van der Waals surface area contributed by atoms with Gasteiger partial charge in [0.05, 0.1) is 28.3 Å². The van der Waals surface area contributed by atoms with E-state index in [9.17, 15) is 4.39 Å². The summed E-state index contributed by atoms with van der Waals surface area (Å²) in [5.41, 5.74) is 2.19. The number of pyridine rings is 1. The standard InChI is InChI=1S/C14H11BrFN3/c1-9-13(16)12(15)11-7-17-19(14(11)18-9)8-10-5-3-2-4-6-10/h2-7H,8H2,1H3. The van der Waals surface area contributed by atoms with Crippen molar-refractivity contribution in [2.75, 3.05) is 0 Å². The normalized spacial score (nSPS) is 11.1. The summed E-state index contributed by atoms with van der Waals surface area (Å²) in [7, 11) is 0. The van der Waals surface area contributed by atoms with Crippen LogP contribution in [0.3, 0.4) is 0 Å². The Morgan fingerprint density at radius 1 is 1.26 bits per heavy atom. The van der Waals surface area contributed by atoms with Crippen LogP contribution in [0.4, 0.5) is 4.39 Å². The topological polar surface area (TPSA) is 30.7 Å². The van der Waals surface area contributed by atoms with Crippen molar-refractivity contribution in [3.63, 3.8) is 0 Å². The predicted octanol–water partition coefficient (Wildman–Crippen LogP) is 3.69. The summed E-state index contributed by atoms with van der Waals surface area (Å²) in [6.45, 7) is 2.27. The number of halogens is 2. The second-order valence-corrected chi connectivity index (χ2v) is 5.14. The molecule has 0 aliphatic carbocycles. The van der Waals surface area contributed by atoms with Gasteiger partial charge in [-0.3, -0.25) is 0 Å². The van der Waals surface area contributed by atoms with Crippen LogP contribution in [0.1, 0.15) is 11.3 Å². The molecule has 96 valence electrons. The maximum Gasteiger partial charge on any atom is 0.159 e. The van der Waals surface area contributed by atoms with Gasteiger partial charge in [-0.25, -0.2) is 14.1 Å². The average molecular weight is 320 g/mol. The lowest BCUT2D eigenvalue weighted by molar-refractivity contribution is 0.605. The van der Waals surface area contributed by atoms with Crippen LogP contribution >= 0.6 is 15.9 Å². The highest BCUT2D eigenvalue weighted by Gasteiger charge is 2.14. The number of aromatic nitrogens is 3. The van der Waals surface area contributed by atoms with Crippen LogP contribution in [0, 0.1) is 12.7 Å². The zero-order valence-electron chi connectivity index (χ0n) is 10.3. The van der Waals surface area contributed by atoms with Crippen molar-refractivity contribution in [2.24, 2.45) is 0 Å². The van der Waals surface area contributed by atoms with Crippen molar-refractivity contribution in [3.05, 3.63) is 58.1 Å². The van der Waals surface area contributed by atoms with E-state index in [1.807, 2.05) is 30.3 Å². The Balaban J connectivity index is 2.11. The molecule has 1 aromatic carbocycles. The lowest BCUT2D eigenvalue weighted by atomic mass is 10.2. The molecule has 3 rings (SSSR count). The van der Waals surface area contributed by atoms with Gasteiger partial charge in [-0.15, -0.1) is 0 Å². The van der Waals surface area contributed by atoms with E-state index in [4.69, 9.17) is 0 Å². The van der Waals surface area contributed by atoms with E-state index in [2.05, 4.69) is 26.0 Å². The summed E-state index contributed by atoms with van der Waals surface area (Å²) in [4.78, 5) is 4.29. The van der Waals surface area contributed by atoms with Crippen molar-refractivity contribution in [1.82, 2.24) is 14.8 Å². The molecule has 2 aromatic heterocycles. The quantitative estimate of drug-likeness (QED) is 0.721. The molecule has 19 heavy (non-hydrogen) atoms. The van der Waals surface area contributed by atoms with Crippen LogP contribution in [-0.4, -0.2) is 14.8 Å². The van der Waals surface area contributed by atoms with Gasteiger partial charge >= 0.3 is 0 Å². The number of fused-ring (bicyclic) bond motifs is 1. The van der Waals surface area contributed by atoms with Gasteiger partial charge in [0, 0.05) is 0 Å². The van der Waals surface area contributed by atoms with Crippen molar-refractivity contribution in [3.8, 4) is 0 Å². The fourth-order valence-electron chi connectivity index (χ4n) is 2.01. The van der Waals surface area contributed by atoms with Gasteiger partial charge in [-0.2, -0.15) is 5.10 Å². The molecule has 0 saturated heterocycles. The van der Waals surface area contributed by atoms with Crippen LogP contribution in [0.15, 0.2) is 41.0 Å². The van der Waals surface area contributed by atoms with E-state index in [1.54, 1.807) is 17.8 Å². The van der Waals surface area contributed by atoms with Crippen molar-refractivity contribution in [2.45, 2.75) is 13.5 Å². The Bertz CT molecular complexity index is 737. The third-order valence-corrected chi connectivity index (χ3v) is 3.78. The average Bonchev–Trinajstić information content (AvgIpc) is 2.81. The summed E-state index contributed by atoms with van der Waals surface area (Å²) in [6, 6.07) is 9.99. The van der Waals surface area contributed by atoms with Crippen LogP contribution in [0.2, 0.25) is 0 Å². The van der Waals surface area contributed by atoms with Crippen molar-refractivity contribution in [1.29, 1.82) is 0 Å². The highest BCUT2D eigenvalue weighted by atomic mass is 79.9. The molecule has 0 aliphatic rings. The molecule has 0 aliphatic heterocycles. The smallest absolute Gasteiger partial charge is 0.159 e. The van der Waals surface area contributed by atoms with E-state index in [0.717, 1.165) is 5.56 Å². The van der Waals surface area contributed by atoms with Gasteiger partial charge in [0.25, 0.3) is 0 Å². The SMILES string of the molecule is Cc1nc2c(cnn2Cc2ccccc2)c(Br)c1F. The minimum absolute atomic E-state index is 0.327. The summed E-state index contributed by atoms with van der Waals surface area (Å²) < 4.78 is 16.0. The summed E-state index contributed by atoms with van der Waals surface area (Å²) >= 11 is 3.26. The maximum absolute atomic E-state index is 13.8. The van der Waals surface area contributed by atoms with E-state index < -0.39 is 0 Å². The second kappa shape index (κ2) is 4.74. The van der Waals surface area contributed by atoms with E-state index in [1.165, 1.54) is 0 Å². The molecule has 0 N–H and O–H groups in total. The fourth-order valence-corrected chi connectivity index (χ4v) is 2.58. The Labute approximate surface area is 118 Å². The van der Waals surface area contributed by atoms with Crippen molar-refractivity contribution < 1.29 is 4.39 Å². The second-order valence-electron chi connectivity index (χ2n) is 4.35. The molecule has 3 nitrogen and oxygen atoms in total. The monoisotopic (exact) mass is 319 g/mol. The molecule has 2 heterocycles. The number of hydrogen-bond donors (Lipinski definition) is 0. The van der Waals surface area contributed by atoms with Gasteiger partial charge in [-0.1, -0.05) is 30.3 Å². The zero-order chi connectivity index (χ0) is 13.4. The highest BCUT2D eigenvalue weighted by Crippen LogP contribution is 2.27. The Kier molecular flexibility index (Phi) is 3.06. The van der Waals surface area contributed by atoms with Gasteiger partial charge in [0.2, 0.25) is 0 Å². The largest absolute Gasteiger partial charge is 0.243 e. The molecule has 0 atom stereocenters. The number of rotatable bonds is 2. The molecule has 0 radical (unpaired) electrons. The Morgan fingerprint density at radius 2 is 2.00 bits per heavy atom. The zero-order valence-corrected chi connectivity index (χ0v) is 11.9. The van der Waals surface area contributed by atoms with Gasteiger partial charge in [0.1, 0.15) is 0 Å². The molecular formula is C14H11BrFN3. The van der Waals surface area contributed by atoms with Crippen LogP contribution in [0.25, 0.3) is 11.0 Å². The first-order valence-electron chi connectivity index (χ1n) is 5.88. The van der Waals surface area contributed by atoms with Crippen LogP contribution in [0.5, 0.6) is 0 Å². The highest BCUT2D eigenvalue weighted by molar-refractivity contribution is 9.10. The lowest BCUT2D eigenvalue weighted by Gasteiger charge is -2.05. The molecule has 0 amide bonds. The molecule has 0 spiro atoms.